The van der Waals surface area contributed by atoms with Crippen LogP contribution in [-0.4, -0.2) is 55.9 Å². The topological polar surface area (TPSA) is 77.1 Å². The van der Waals surface area contributed by atoms with Crippen LogP contribution in [0.5, 0.6) is 11.5 Å². The van der Waals surface area contributed by atoms with Gasteiger partial charge < -0.3 is 24.4 Å². The maximum Gasteiger partial charge on any atom is 0.407 e. The zero-order valence-corrected chi connectivity index (χ0v) is 20.2. The molecule has 1 saturated heterocycles. The highest BCUT2D eigenvalue weighted by Crippen LogP contribution is 2.37. The van der Waals surface area contributed by atoms with Crippen molar-refractivity contribution in [3.05, 3.63) is 22.7 Å². The van der Waals surface area contributed by atoms with Gasteiger partial charge in [-0.1, -0.05) is 25.4 Å². The number of amides is 2. The Morgan fingerprint density at radius 1 is 1.23 bits per heavy atom. The SMILES string of the molecule is COc1cc(C(=O)N2CCC(CNC(=O)OC(C)(C)C)CC2)cc(Cl)c1OCC(C)C. The Kier molecular flexibility index (Phi) is 8.86. The number of piperidine rings is 1. The molecule has 0 radical (unpaired) electrons. The van der Waals surface area contributed by atoms with Gasteiger partial charge in [0.2, 0.25) is 0 Å². The van der Waals surface area contributed by atoms with E-state index in [4.69, 9.17) is 25.8 Å². The van der Waals surface area contributed by atoms with Crippen molar-refractivity contribution in [1.29, 1.82) is 0 Å². The summed E-state index contributed by atoms with van der Waals surface area (Å²) in [5.74, 6) is 1.47. The van der Waals surface area contributed by atoms with Crippen molar-refractivity contribution in [3.8, 4) is 11.5 Å². The first-order chi connectivity index (χ1) is 14.5. The summed E-state index contributed by atoms with van der Waals surface area (Å²) in [6.07, 6.45) is 1.21. The number of nitrogens with zero attached hydrogens (tertiary/aromatic N) is 1. The molecule has 2 amide bonds. The van der Waals surface area contributed by atoms with E-state index in [1.807, 2.05) is 39.5 Å². The third-order valence-electron chi connectivity index (χ3n) is 4.87. The number of ether oxygens (including phenoxy) is 3. The molecule has 0 atom stereocenters. The van der Waals surface area contributed by atoms with E-state index in [1.165, 1.54) is 7.11 Å². The van der Waals surface area contributed by atoms with Gasteiger partial charge in [-0.05, 0) is 57.6 Å². The van der Waals surface area contributed by atoms with Crippen molar-refractivity contribution in [2.45, 2.75) is 53.1 Å². The summed E-state index contributed by atoms with van der Waals surface area (Å²) in [5.41, 5.74) is -0.0403. The van der Waals surface area contributed by atoms with Crippen LogP contribution in [0.2, 0.25) is 5.02 Å². The summed E-state index contributed by atoms with van der Waals surface area (Å²) in [6, 6.07) is 3.32. The van der Waals surface area contributed by atoms with Crippen LogP contribution in [0.15, 0.2) is 12.1 Å². The van der Waals surface area contributed by atoms with Crippen LogP contribution in [0.1, 0.15) is 57.8 Å². The average molecular weight is 455 g/mol. The molecule has 0 aromatic heterocycles. The number of alkyl carbamates (subject to hydrolysis) is 1. The lowest BCUT2D eigenvalue weighted by Gasteiger charge is -2.32. The highest BCUT2D eigenvalue weighted by atomic mass is 35.5. The second-order valence-corrected chi connectivity index (χ2v) is 9.72. The van der Waals surface area contributed by atoms with Crippen molar-refractivity contribution < 1.29 is 23.8 Å². The lowest BCUT2D eigenvalue weighted by Crippen LogP contribution is -2.42. The highest BCUT2D eigenvalue weighted by molar-refractivity contribution is 6.32. The number of benzene rings is 1. The molecular formula is C23H35ClN2O5. The zero-order valence-electron chi connectivity index (χ0n) is 19.4. The largest absolute Gasteiger partial charge is 0.493 e. The zero-order chi connectivity index (χ0) is 23.2. The quantitative estimate of drug-likeness (QED) is 0.642. The molecule has 1 heterocycles. The Labute approximate surface area is 190 Å². The Bertz CT molecular complexity index is 768. The fraction of sp³-hybridized carbons (Fsp3) is 0.652. The van der Waals surface area contributed by atoms with Gasteiger partial charge in [-0.25, -0.2) is 4.79 Å². The van der Waals surface area contributed by atoms with E-state index in [9.17, 15) is 9.59 Å². The van der Waals surface area contributed by atoms with Gasteiger partial charge in [-0.2, -0.15) is 0 Å². The molecule has 1 aromatic rings. The third-order valence-corrected chi connectivity index (χ3v) is 5.15. The van der Waals surface area contributed by atoms with Crippen molar-refractivity contribution in [2.24, 2.45) is 11.8 Å². The number of halogens is 1. The summed E-state index contributed by atoms with van der Waals surface area (Å²) >= 11 is 6.39. The number of hydrogen-bond donors (Lipinski definition) is 1. The number of likely N-dealkylation sites (tertiary alicyclic amines) is 1. The van der Waals surface area contributed by atoms with Gasteiger partial charge in [-0.15, -0.1) is 0 Å². The van der Waals surface area contributed by atoms with Crippen LogP contribution in [0, 0.1) is 11.8 Å². The van der Waals surface area contributed by atoms with Gasteiger partial charge in [0.05, 0.1) is 18.7 Å². The minimum Gasteiger partial charge on any atom is -0.493 e. The predicted molar refractivity (Wildman–Crippen MR) is 121 cm³/mol. The fourth-order valence-electron chi connectivity index (χ4n) is 3.30. The Balaban J connectivity index is 1.93. The molecule has 8 heteroatoms. The molecule has 1 N–H and O–H groups in total. The van der Waals surface area contributed by atoms with Crippen LogP contribution in [0.4, 0.5) is 4.79 Å². The first-order valence-corrected chi connectivity index (χ1v) is 11.1. The van der Waals surface area contributed by atoms with Gasteiger partial charge >= 0.3 is 6.09 Å². The number of nitrogens with one attached hydrogen (secondary N) is 1. The van der Waals surface area contributed by atoms with Crippen LogP contribution in [0.25, 0.3) is 0 Å². The Morgan fingerprint density at radius 3 is 2.42 bits per heavy atom. The van der Waals surface area contributed by atoms with Gasteiger partial charge in [-0.3, -0.25) is 4.79 Å². The van der Waals surface area contributed by atoms with Crippen LogP contribution < -0.4 is 14.8 Å². The Morgan fingerprint density at radius 2 is 1.87 bits per heavy atom. The molecule has 7 nitrogen and oxygen atoms in total. The molecular weight excluding hydrogens is 420 g/mol. The number of carbonyl (C=O) groups is 2. The molecule has 31 heavy (non-hydrogen) atoms. The smallest absolute Gasteiger partial charge is 0.407 e. The first kappa shape index (κ1) is 25.1. The standard InChI is InChI=1S/C23H35ClN2O5/c1-15(2)14-30-20-18(24)11-17(12-19(20)29-6)21(27)26-9-7-16(8-10-26)13-25-22(28)31-23(3,4)5/h11-12,15-16H,7-10,13-14H2,1-6H3,(H,25,28). The van der Waals surface area contributed by atoms with E-state index < -0.39 is 11.7 Å². The van der Waals surface area contributed by atoms with E-state index in [-0.39, 0.29) is 5.91 Å². The molecule has 0 unspecified atom stereocenters. The van der Waals surface area contributed by atoms with Gasteiger partial charge in [0.1, 0.15) is 5.60 Å². The molecule has 0 bridgehead atoms. The molecule has 0 saturated carbocycles. The molecule has 1 aliphatic rings. The van der Waals surface area contributed by atoms with Gasteiger partial charge in [0.15, 0.2) is 11.5 Å². The van der Waals surface area contributed by atoms with Crippen LogP contribution in [0.3, 0.4) is 0 Å². The number of carbonyl (C=O) groups excluding carboxylic acids is 2. The summed E-state index contributed by atoms with van der Waals surface area (Å²) in [4.78, 5) is 26.6. The summed E-state index contributed by atoms with van der Waals surface area (Å²) in [6.45, 7) is 11.9. The molecule has 1 aromatic carbocycles. The third kappa shape index (κ3) is 7.80. The molecule has 1 aliphatic heterocycles. The monoisotopic (exact) mass is 454 g/mol. The number of rotatable bonds is 7. The maximum absolute atomic E-state index is 13.0. The minimum absolute atomic E-state index is 0.0887. The lowest BCUT2D eigenvalue weighted by atomic mass is 9.96. The van der Waals surface area contributed by atoms with E-state index in [0.717, 1.165) is 12.8 Å². The maximum atomic E-state index is 13.0. The van der Waals surface area contributed by atoms with Crippen molar-refractivity contribution >= 4 is 23.6 Å². The van der Waals surface area contributed by atoms with Crippen molar-refractivity contribution in [2.75, 3.05) is 33.4 Å². The second-order valence-electron chi connectivity index (χ2n) is 9.31. The van der Waals surface area contributed by atoms with Gasteiger partial charge in [0, 0.05) is 25.2 Å². The molecule has 0 aliphatic carbocycles. The highest BCUT2D eigenvalue weighted by Gasteiger charge is 2.26. The van der Waals surface area contributed by atoms with Crippen LogP contribution >= 0.6 is 11.6 Å². The summed E-state index contributed by atoms with van der Waals surface area (Å²) in [5, 5.41) is 3.18. The molecule has 174 valence electrons. The van der Waals surface area contributed by atoms with Crippen molar-refractivity contribution in [3.63, 3.8) is 0 Å². The summed E-state index contributed by atoms with van der Waals surface area (Å²) < 4.78 is 16.4. The fourth-order valence-corrected chi connectivity index (χ4v) is 3.56. The average Bonchev–Trinajstić information content (AvgIpc) is 2.69. The lowest BCUT2D eigenvalue weighted by molar-refractivity contribution is 0.0500. The van der Waals surface area contributed by atoms with Gasteiger partial charge in [0.25, 0.3) is 5.91 Å². The predicted octanol–water partition coefficient (Wildman–Crippen LogP) is 4.76. The van der Waals surface area contributed by atoms with Crippen molar-refractivity contribution in [1.82, 2.24) is 10.2 Å². The van der Waals surface area contributed by atoms with E-state index in [0.29, 0.717) is 60.2 Å². The van der Waals surface area contributed by atoms with Crippen LogP contribution in [-0.2, 0) is 4.74 Å². The summed E-state index contributed by atoms with van der Waals surface area (Å²) in [7, 11) is 1.53. The number of hydrogen-bond acceptors (Lipinski definition) is 5. The normalized spacial score (nSPS) is 15.0. The first-order valence-electron chi connectivity index (χ1n) is 10.8. The van der Waals surface area contributed by atoms with E-state index in [2.05, 4.69) is 5.32 Å². The molecule has 1 fully saturated rings. The Hall–Kier alpha value is -2.15. The number of methoxy groups -OCH3 is 1. The van der Waals surface area contributed by atoms with E-state index in [1.54, 1.807) is 12.1 Å². The minimum atomic E-state index is -0.516. The molecule has 2 rings (SSSR count). The van der Waals surface area contributed by atoms with E-state index >= 15 is 0 Å². The molecule has 0 spiro atoms. The second kappa shape index (κ2) is 10.9.